The Bertz CT molecular complexity index is 686. The van der Waals surface area contributed by atoms with E-state index in [1.54, 1.807) is 33.2 Å². The van der Waals surface area contributed by atoms with Crippen molar-refractivity contribution in [1.29, 1.82) is 0 Å². The highest BCUT2D eigenvalue weighted by atomic mass is 16.6. The van der Waals surface area contributed by atoms with Crippen LogP contribution in [-0.4, -0.2) is 64.0 Å². The minimum Gasteiger partial charge on any atom is -0.493 e. The number of amides is 1. The van der Waals surface area contributed by atoms with Gasteiger partial charge in [0.05, 0.1) is 14.2 Å². The lowest BCUT2D eigenvalue weighted by Gasteiger charge is -2.26. The van der Waals surface area contributed by atoms with E-state index >= 15 is 0 Å². The molecule has 0 saturated carbocycles. The molecule has 1 rings (SSSR count). The molecule has 0 spiro atoms. The number of ether oxygens (including phenoxy) is 3. The van der Waals surface area contributed by atoms with Gasteiger partial charge in [0.25, 0.3) is 0 Å². The molecule has 8 nitrogen and oxygen atoms in total. The van der Waals surface area contributed by atoms with Gasteiger partial charge >= 0.3 is 6.09 Å². The number of hydrogen-bond acceptors (Lipinski definition) is 5. The summed E-state index contributed by atoms with van der Waals surface area (Å²) in [6.07, 6.45) is -0.319. The molecule has 164 valence electrons. The molecule has 1 aromatic carbocycles. The second-order valence-electron chi connectivity index (χ2n) is 7.96. The van der Waals surface area contributed by atoms with Gasteiger partial charge in [-0.05, 0) is 44.4 Å². The molecule has 1 aromatic rings. The first kappa shape index (κ1) is 24.4. The van der Waals surface area contributed by atoms with Crippen molar-refractivity contribution in [2.24, 2.45) is 10.9 Å². The van der Waals surface area contributed by atoms with Crippen LogP contribution in [0, 0.1) is 5.92 Å². The second kappa shape index (κ2) is 11.4. The lowest BCUT2D eigenvalue weighted by molar-refractivity contribution is 0.0278. The van der Waals surface area contributed by atoms with Crippen LogP contribution in [0.5, 0.6) is 11.5 Å². The number of methoxy groups -OCH3 is 2. The topological polar surface area (TPSA) is 84.4 Å². The first-order valence-electron chi connectivity index (χ1n) is 9.69. The minimum atomic E-state index is -0.497. The molecule has 8 heteroatoms. The van der Waals surface area contributed by atoms with Crippen molar-refractivity contribution in [3.8, 4) is 11.5 Å². The van der Waals surface area contributed by atoms with Crippen molar-refractivity contribution in [2.75, 3.05) is 41.4 Å². The number of guanidine groups is 1. The summed E-state index contributed by atoms with van der Waals surface area (Å²) >= 11 is 0. The maximum absolute atomic E-state index is 12.1. The fourth-order valence-electron chi connectivity index (χ4n) is 2.61. The van der Waals surface area contributed by atoms with Gasteiger partial charge in [-0.1, -0.05) is 13.0 Å². The second-order valence-corrected chi connectivity index (χ2v) is 7.96. The average Bonchev–Trinajstić information content (AvgIpc) is 2.66. The van der Waals surface area contributed by atoms with E-state index < -0.39 is 5.60 Å². The van der Waals surface area contributed by atoms with Crippen LogP contribution in [0.4, 0.5) is 4.79 Å². The van der Waals surface area contributed by atoms with Gasteiger partial charge in [-0.3, -0.25) is 4.99 Å². The summed E-state index contributed by atoms with van der Waals surface area (Å²) in [6.45, 7) is 9.47. The normalized spacial score (nSPS) is 12.8. The SMILES string of the molecule is CN=C(NCc1ccc(OC)c(OC)c1)NCC(C)CN(C)C(=O)OC(C)(C)C. The van der Waals surface area contributed by atoms with Crippen molar-refractivity contribution in [3.63, 3.8) is 0 Å². The minimum absolute atomic E-state index is 0.215. The first-order chi connectivity index (χ1) is 13.6. The van der Waals surface area contributed by atoms with E-state index in [0.717, 1.165) is 5.56 Å². The van der Waals surface area contributed by atoms with Crippen LogP contribution < -0.4 is 20.1 Å². The molecular weight excluding hydrogens is 372 g/mol. The number of nitrogens with zero attached hydrogens (tertiary/aromatic N) is 2. The highest BCUT2D eigenvalue weighted by molar-refractivity contribution is 5.79. The van der Waals surface area contributed by atoms with Crippen molar-refractivity contribution in [3.05, 3.63) is 23.8 Å². The van der Waals surface area contributed by atoms with Crippen molar-refractivity contribution in [1.82, 2.24) is 15.5 Å². The molecule has 1 atom stereocenters. The van der Waals surface area contributed by atoms with Crippen LogP contribution in [0.25, 0.3) is 0 Å². The van der Waals surface area contributed by atoms with Gasteiger partial charge in [0.2, 0.25) is 0 Å². The van der Waals surface area contributed by atoms with Gasteiger partial charge in [0, 0.05) is 33.7 Å². The van der Waals surface area contributed by atoms with Gasteiger partial charge in [-0.25, -0.2) is 4.79 Å². The maximum atomic E-state index is 12.1. The number of hydrogen-bond donors (Lipinski definition) is 2. The fraction of sp³-hybridized carbons (Fsp3) is 0.619. The number of aliphatic imine (C=N–C) groups is 1. The molecule has 0 aliphatic heterocycles. The van der Waals surface area contributed by atoms with Crippen molar-refractivity contribution in [2.45, 2.75) is 39.8 Å². The van der Waals surface area contributed by atoms with E-state index in [0.29, 0.717) is 37.1 Å². The van der Waals surface area contributed by atoms with Crippen LogP contribution in [0.1, 0.15) is 33.3 Å². The molecule has 1 amide bonds. The maximum Gasteiger partial charge on any atom is 0.410 e. The van der Waals surface area contributed by atoms with Crippen LogP contribution in [0.15, 0.2) is 23.2 Å². The zero-order valence-corrected chi connectivity index (χ0v) is 19.0. The number of rotatable bonds is 8. The van der Waals surface area contributed by atoms with Crippen LogP contribution >= 0.6 is 0 Å². The quantitative estimate of drug-likeness (QED) is 0.508. The Kier molecular flexibility index (Phi) is 9.58. The molecule has 0 bridgehead atoms. The molecule has 0 aliphatic rings. The Balaban J connectivity index is 2.49. The van der Waals surface area contributed by atoms with Gasteiger partial charge in [0.15, 0.2) is 17.5 Å². The number of benzene rings is 1. The molecule has 1 unspecified atom stereocenters. The van der Waals surface area contributed by atoms with Crippen molar-refractivity contribution < 1.29 is 19.0 Å². The third-order valence-corrected chi connectivity index (χ3v) is 4.04. The molecule has 0 aromatic heterocycles. The van der Waals surface area contributed by atoms with E-state index in [9.17, 15) is 4.79 Å². The number of nitrogens with one attached hydrogen (secondary N) is 2. The largest absolute Gasteiger partial charge is 0.493 e. The fourth-order valence-corrected chi connectivity index (χ4v) is 2.61. The molecule has 0 aliphatic carbocycles. The van der Waals surface area contributed by atoms with E-state index in [1.165, 1.54) is 0 Å². The zero-order chi connectivity index (χ0) is 22.0. The number of carbonyl (C=O) groups is 1. The molecule has 0 radical (unpaired) electrons. The Morgan fingerprint density at radius 3 is 2.38 bits per heavy atom. The molecular formula is C21H36N4O4. The summed E-state index contributed by atoms with van der Waals surface area (Å²) in [5.41, 5.74) is 0.548. The Morgan fingerprint density at radius 1 is 1.17 bits per heavy atom. The van der Waals surface area contributed by atoms with E-state index in [1.807, 2.05) is 39.0 Å². The molecule has 0 fully saturated rings. The van der Waals surface area contributed by atoms with Crippen LogP contribution in [0.2, 0.25) is 0 Å². The lowest BCUT2D eigenvalue weighted by atomic mass is 10.1. The van der Waals surface area contributed by atoms with Gasteiger partial charge in [-0.2, -0.15) is 0 Å². The monoisotopic (exact) mass is 408 g/mol. The first-order valence-corrected chi connectivity index (χ1v) is 9.69. The Morgan fingerprint density at radius 2 is 1.83 bits per heavy atom. The van der Waals surface area contributed by atoms with E-state index in [4.69, 9.17) is 14.2 Å². The zero-order valence-electron chi connectivity index (χ0n) is 19.0. The lowest BCUT2D eigenvalue weighted by Crippen LogP contribution is -2.42. The van der Waals surface area contributed by atoms with Gasteiger partial charge < -0.3 is 29.7 Å². The summed E-state index contributed by atoms with van der Waals surface area (Å²) in [4.78, 5) is 17.9. The van der Waals surface area contributed by atoms with Gasteiger partial charge in [-0.15, -0.1) is 0 Å². The number of carbonyl (C=O) groups excluding carboxylic acids is 1. The highest BCUT2D eigenvalue weighted by Gasteiger charge is 2.20. The Labute approximate surface area is 174 Å². The Hall–Kier alpha value is -2.64. The summed E-state index contributed by atoms with van der Waals surface area (Å²) in [7, 11) is 6.70. The summed E-state index contributed by atoms with van der Waals surface area (Å²) in [5.74, 6) is 2.29. The molecule has 0 saturated heterocycles. The van der Waals surface area contributed by atoms with Crippen LogP contribution in [-0.2, 0) is 11.3 Å². The van der Waals surface area contributed by atoms with Crippen LogP contribution in [0.3, 0.4) is 0 Å². The third kappa shape index (κ3) is 8.93. The third-order valence-electron chi connectivity index (χ3n) is 4.04. The van der Waals surface area contributed by atoms with Gasteiger partial charge in [0.1, 0.15) is 5.60 Å². The highest BCUT2D eigenvalue weighted by Crippen LogP contribution is 2.27. The summed E-state index contributed by atoms with van der Waals surface area (Å²) in [5, 5.41) is 6.56. The standard InChI is InChI=1S/C21H36N4O4/c1-15(14-25(6)20(26)29-21(2,3)4)12-23-19(22-5)24-13-16-9-10-17(27-7)18(11-16)28-8/h9-11,15H,12-14H2,1-8H3,(H2,22,23,24). The molecule has 2 N–H and O–H groups in total. The molecule has 0 heterocycles. The average molecular weight is 409 g/mol. The predicted molar refractivity (Wildman–Crippen MR) is 116 cm³/mol. The van der Waals surface area contributed by atoms with Crippen molar-refractivity contribution >= 4 is 12.1 Å². The smallest absolute Gasteiger partial charge is 0.410 e. The predicted octanol–water partition coefficient (Wildman–Crippen LogP) is 2.87. The molecule has 29 heavy (non-hydrogen) atoms. The summed E-state index contributed by atoms with van der Waals surface area (Å²) < 4.78 is 16.0. The summed E-state index contributed by atoms with van der Waals surface area (Å²) in [6, 6.07) is 5.78. The van der Waals surface area contributed by atoms with E-state index in [-0.39, 0.29) is 12.0 Å². The van der Waals surface area contributed by atoms with E-state index in [2.05, 4.69) is 22.5 Å².